The molecule has 0 spiro atoms. The molecule has 4 rings (SSSR count). The van der Waals surface area contributed by atoms with Crippen LogP contribution in [-0.2, 0) is 17.8 Å². The van der Waals surface area contributed by atoms with E-state index in [0.717, 1.165) is 16.1 Å². The number of anilines is 2. The van der Waals surface area contributed by atoms with Crippen LogP contribution in [0.4, 0.5) is 15.8 Å². The number of halogens is 1. The van der Waals surface area contributed by atoms with Gasteiger partial charge in [-0.1, -0.05) is 30.3 Å². The first kappa shape index (κ1) is 20.9. The van der Waals surface area contributed by atoms with Gasteiger partial charge in [-0.05, 0) is 48.4 Å². The second kappa shape index (κ2) is 8.81. The molecule has 1 aliphatic heterocycles. The molecule has 0 radical (unpaired) electrons. The zero-order valence-electron chi connectivity index (χ0n) is 16.8. The number of carboxylic acids is 1. The molecule has 0 fully saturated rings. The quantitative estimate of drug-likeness (QED) is 0.580. The molecule has 3 aromatic carbocycles. The summed E-state index contributed by atoms with van der Waals surface area (Å²) in [7, 11) is 1.73. The lowest BCUT2D eigenvalue weighted by atomic mass is 10.1. The van der Waals surface area contributed by atoms with E-state index in [1.165, 1.54) is 17.8 Å². The average molecular weight is 437 g/mol. The van der Waals surface area contributed by atoms with Crippen molar-refractivity contribution in [3.63, 3.8) is 0 Å². The molecule has 1 amide bonds. The zero-order valence-corrected chi connectivity index (χ0v) is 17.7. The second-order valence-electron chi connectivity index (χ2n) is 7.26. The summed E-state index contributed by atoms with van der Waals surface area (Å²) >= 11 is 1.48. The third kappa shape index (κ3) is 4.41. The van der Waals surface area contributed by atoms with Crippen molar-refractivity contribution < 1.29 is 19.1 Å². The maximum absolute atomic E-state index is 14.6. The Labute approximate surface area is 183 Å². The summed E-state index contributed by atoms with van der Waals surface area (Å²) < 4.78 is 14.6. The predicted octanol–water partition coefficient (Wildman–Crippen LogP) is 4.82. The number of rotatable bonds is 6. The fourth-order valence-corrected chi connectivity index (χ4v) is 4.83. The number of aromatic carboxylic acids is 1. The first-order chi connectivity index (χ1) is 15.0. The number of carbonyl (C=O) groups excluding carboxylic acids is 1. The highest BCUT2D eigenvalue weighted by Gasteiger charge is 2.34. The van der Waals surface area contributed by atoms with E-state index >= 15 is 0 Å². The molecule has 0 saturated carbocycles. The van der Waals surface area contributed by atoms with E-state index in [4.69, 9.17) is 5.11 Å². The van der Waals surface area contributed by atoms with Crippen molar-refractivity contribution in [3.05, 3.63) is 89.2 Å². The Balaban J connectivity index is 1.62. The van der Waals surface area contributed by atoms with Crippen molar-refractivity contribution in [1.29, 1.82) is 0 Å². The monoisotopic (exact) mass is 436 g/mol. The summed E-state index contributed by atoms with van der Waals surface area (Å²) in [6.45, 7) is 0.140. The summed E-state index contributed by atoms with van der Waals surface area (Å²) in [5.74, 6) is -1.44. The Morgan fingerprint density at radius 3 is 2.55 bits per heavy atom. The highest BCUT2D eigenvalue weighted by atomic mass is 32.2. The first-order valence-electron chi connectivity index (χ1n) is 9.81. The van der Waals surface area contributed by atoms with Gasteiger partial charge in [0.15, 0.2) is 0 Å². The normalized spacial score (nSPS) is 15.5. The van der Waals surface area contributed by atoms with Gasteiger partial charge in [-0.15, -0.1) is 11.8 Å². The van der Waals surface area contributed by atoms with Crippen LogP contribution in [0.3, 0.4) is 0 Å². The van der Waals surface area contributed by atoms with Crippen molar-refractivity contribution in [2.24, 2.45) is 0 Å². The molecule has 2 N–H and O–H groups in total. The van der Waals surface area contributed by atoms with Crippen LogP contribution in [0.15, 0.2) is 71.6 Å². The Morgan fingerprint density at radius 2 is 1.87 bits per heavy atom. The summed E-state index contributed by atoms with van der Waals surface area (Å²) in [4.78, 5) is 27.1. The van der Waals surface area contributed by atoms with Gasteiger partial charge in [-0.2, -0.15) is 0 Å². The van der Waals surface area contributed by atoms with Crippen LogP contribution in [0.2, 0.25) is 0 Å². The van der Waals surface area contributed by atoms with Gasteiger partial charge in [0.05, 0.1) is 23.0 Å². The van der Waals surface area contributed by atoms with Crippen molar-refractivity contribution in [1.82, 2.24) is 0 Å². The van der Waals surface area contributed by atoms with E-state index in [1.807, 2.05) is 24.3 Å². The maximum atomic E-state index is 14.6. The molecule has 0 aromatic heterocycles. The van der Waals surface area contributed by atoms with Gasteiger partial charge in [0.1, 0.15) is 5.82 Å². The minimum absolute atomic E-state index is 0.0943. The van der Waals surface area contributed by atoms with E-state index in [9.17, 15) is 14.0 Å². The highest BCUT2D eigenvalue weighted by Crippen LogP contribution is 2.41. The molecule has 1 heterocycles. The summed E-state index contributed by atoms with van der Waals surface area (Å²) in [5.41, 5.74) is 2.97. The van der Waals surface area contributed by atoms with Gasteiger partial charge in [0.25, 0.3) is 0 Å². The number of hydrogen-bond donors (Lipinski definition) is 2. The Morgan fingerprint density at radius 1 is 1.13 bits per heavy atom. The lowest BCUT2D eigenvalue weighted by Gasteiger charge is -2.34. The number of nitrogens with one attached hydrogen (secondary N) is 1. The number of nitrogens with zero attached hydrogens (tertiary/aromatic N) is 1. The Bertz CT molecular complexity index is 1130. The number of carbonyl (C=O) groups is 2. The van der Waals surface area contributed by atoms with Gasteiger partial charge < -0.3 is 15.3 Å². The molecule has 0 bridgehead atoms. The van der Waals surface area contributed by atoms with Crippen LogP contribution < -0.4 is 10.2 Å². The molecule has 1 aliphatic rings. The van der Waals surface area contributed by atoms with Gasteiger partial charge in [0, 0.05) is 23.2 Å². The number of para-hydroxylation sites is 1. The Hall–Kier alpha value is -3.32. The van der Waals surface area contributed by atoms with Crippen molar-refractivity contribution in [2.45, 2.75) is 23.1 Å². The summed E-state index contributed by atoms with van der Waals surface area (Å²) in [5, 5.41) is 11.6. The predicted molar refractivity (Wildman–Crippen MR) is 120 cm³/mol. The van der Waals surface area contributed by atoms with E-state index in [0.29, 0.717) is 17.7 Å². The van der Waals surface area contributed by atoms with Gasteiger partial charge in [-0.25, -0.2) is 9.18 Å². The molecule has 158 valence electrons. The number of fused-ring (bicyclic) bond motifs is 1. The van der Waals surface area contributed by atoms with Crippen LogP contribution in [0.25, 0.3) is 0 Å². The SMILES string of the molecule is CNc1ccc(CN2C(=O)C(Cc3ccc(C(=O)O)cc3)Sc3ccccc32)c(F)c1. The number of carboxylic acid groups (broad SMARTS) is 1. The van der Waals surface area contributed by atoms with Crippen LogP contribution in [0.5, 0.6) is 0 Å². The fourth-order valence-electron chi connectivity index (χ4n) is 3.57. The van der Waals surface area contributed by atoms with E-state index in [-0.39, 0.29) is 29.1 Å². The largest absolute Gasteiger partial charge is 0.478 e. The third-order valence-electron chi connectivity index (χ3n) is 5.26. The molecule has 5 nitrogen and oxygen atoms in total. The number of thioether (sulfide) groups is 1. The second-order valence-corrected chi connectivity index (χ2v) is 8.51. The molecule has 31 heavy (non-hydrogen) atoms. The zero-order chi connectivity index (χ0) is 22.0. The third-order valence-corrected chi connectivity index (χ3v) is 6.51. The minimum atomic E-state index is -0.985. The van der Waals surface area contributed by atoms with Crippen LogP contribution in [0, 0.1) is 5.82 Å². The molecule has 0 saturated heterocycles. The lowest BCUT2D eigenvalue weighted by molar-refractivity contribution is -0.118. The van der Waals surface area contributed by atoms with Crippen molar-refractivity contribution in [2.75, 3.05) is 17.3 Å². The summed E-state index contributed by atoms with van der Waals surface area (Å²) in [6.07, 6.45) is 0.454. The van der Waals surface area contributed by atoms with Crippen LogP contribution in [-0.4, -0.2) is 29.3 Å². The smallest absolute Gasteiger partial charge is 0.335 e. The molecule has 3 aromatic rings. The Kier molecular flexibility index (Phi) is 5.95. The highest BCUT2D eigenvalue weighted by molar-refractivity contribution is 8.01. The van der Waals surface area contributed by atoms with E-state index in [1.54, 1.807) is 48.3 Å². The maximum Gasteiger partial charge on any atom is 0.335 e. The van der Waals surface area contributed by atoms with Crippen LogP contribution in [0.1, 0.15) is 21.5 Å². The first-order valence-corrected chi connectivity index (χ1v) is 10.7. The van der Waals surface area contributed by atoms with Crippen molar-refractivity contribution in [3.8, 4) is 0 Å². The summed E-state index contributed by atoms with van der Waals surface area (Å²) in [6, 6.07) is 19.1. The molecule has 0 aliphatic carbocycles. The molecular formula is C24H21FN2O3S. The molecule has 7 heteroatoms. The van der Waals surface area contributed by atoms with E-state index in [2.05, 4.69) is 5.32 Å². The minimum Gasteiger partial charge on any atom is -0.478 e. The number of hydrogen-bond acceptors (Lipinski definition) is 4. The van der Waals surface area contributed by atoms with Crippen LogP contribution >= 0.6 is 11.8 Å². The molecule has 1 atom stereocenters. The van der Waals surface area contributed by atoms with Gasteiger partial charge in [-0.3, -0.25) is 4.79 Å². The fraction of sp³-hybridized carbons (Fsp3) is 0.167. The topological polar surface area (TPSA) is 69.6 Å². The number of amides is 1. The van der Waals surface area contributed by atoms with Gasteiger partial charge in [0.2, 0.25) is 5.91 Å². The van der Waals surface area contributed by atoms with E-state index < -0.39 is 5.97 Å². The average Bonchev–Trinajstić information content (AvgIpc) is 2.78. The molecular weight excluding hydrogens is 415 g/mol. The van der Waals surface area contributed by atoms with Crippen molar-refractivity contribution >= 4 is 35.0 Å². The molecule has 1 unspecified atom stereocenters. The van der Waals surface area contributed by atoms with Gasteiger partial charge >= 0.3 is 5.97 Å². The standard InChI is InChI=1S/C24H21FN2O3S/c1-26-18-11-10-17(19(25)13-18)14-27-20-4-2-3-5-21(20)31-22(23(27)28)12-15-6-8-16(9-7-15)24(29)30/h2-11,13,22,26H,12,14H2,1H3,(H,29,30). The number of benzene rings is 3. The lowest BCUT2D eigenvalue weighted by Crippen LogP contribution is -2.41.